The van der Waals surface area contributed by atoms with Gasteiger partial charge in [0.25, 0.3) is 5.56 Å². The third-order valence-corrected chi connectivity index (χ3v) is 8.46. The summed E-state index contributed by atoms with van der Waals surface area (Å²) in [6.07, 6.45) is 5.92. The average molecular weight is 588 g/mol. The summed E-state index contributed by atoms with van der Waals surface area (Å²) in [5.41, 5.74) is 6.02. The summed E-state index contributed by atoms with van der Waals surface area (Å²) in [4.78, 5) is 18.7. The molecule has 43 heavy (non-hydrogen) atoms. The fourth-order valence-corrected chi connectivity index (χ4v) is 6.10. The smallest absolute Gasteiger partial charge is 0.291 e. The second-order valence-corrected chi connectivity index (χ2v) is 11.5. The highest BCUT2D eigenvalue weighted by Gasteiger charge is 2.20. The van der Waals surface area contributed by atoms with E-state index in [0.29, 0.717) is 27.7 Å². The van der Waals surface area contributed by atoms with Gasteiger partial charge in [0.05, 0.1) is 16.8 Å². The Kier molecular flexibility index (Phi) is 6.87. The molecule has 0 amide bonds. The number of aryl methyl sites for hydroxylation is 2. The van der Waals surface area contributed by atoms with Crippen LogP contribution in [0.5, 0.6) is 5.75 Å². The van der Waals surface area contributed by atoms with Crippen LogP contribution in [0.3, 0.4) is 0 Å². The van der Waals surface area contributed by atoms with E-state index < -0.39 is 0 Å². The van der Waals surface area contributed by atoms with Crippen molar-refractivity contribution in [2.24, 2.45) is 0 Å². The lowest BCUT2D eigenvalue weighted by Crippen LogP contribution is -2.23. The summed E-state index contributed by atoms with van der Waals surface area (Å²) in [5, 5.41) is 10.5. The predicted molar refractivity (Wildman–Crippen MR) is 170 cm³/mol. The number of unbranched alkanes of at least 4 members (excludes halogenated alkanes) is 1. The van der Waals surface area contributed by atoms with Crippen LogP contribution in [-0.4, -0.2) is 31.0 Å². The van der Waals surface area contributed by atoms with Gasteiger partial charge >= 0.3 is 0 Å². The van der Waals surface area contributed by atoms with Gasteiger partial charge in [-0.05, 0) is 68.3 Å². The summed E-state index contributed by atoms with van der Waals surface area (Å²) in [6.45, 7) is 6.87. The van der Waals surface area contributed by atoms with E-state index >= 15 is 0 Å². The molecule has 0 aliphatic heterocycles. The molecule has 7 aromatic rings. The van der Waals surface area contributed by atoms with Gasteiger partial charge < -0.3 is 9.15 Å². The van der Waals surface area contributed by atoms with Gasteiger partial charge in [0.1, 0.15) is 17.0 Å². The number of nitrogens with zero attached hydrogens (tertiary/aromatic N) is 5. The van der Waals surface area contributed by atoms with Crippen molar-refractivity contribution in [1.29, 1.82) is 0 Å². The second-order valence-electron chi connectivity index (χ2n) is 10.5. The molecule has 4 aromatic heterocycles. The highest BCUT2D eigenvalue weighted by Crippen LogP contribution is 2.32. The molecule has 8 nitrogen and oxygen atoms in total. The maximum Gasteiger partial charge on any atom is 0.291 e. The maximum atomic E-state index is 13.6. The Hall–Kier alpha value is -5.02. The number of hydrogen-bond acceptors (Lipinski definition) is 7. The first kappa shape index (κ1) is 26.9. The normalized spacial score (nSPS) is 12.1. The molecule has 0 aliphatic rings. The van der Waals surface area contributed by atoms with Crippen LogP contribution in [0.25, 0.3) is 50.5 Å². The number of ether oxygens (including phenoxy) is 1. The van der Waals surface area contributed by atoms with Crippen molar-refractivity contribution in [3.8, 4) is 34.3 Å². The van der Waals surface area contributed by atoms with Crippen LogP contribution in [0.1, 0.15) is 36.5 Å². The highest BCUT2D eigenvalue weighted by atomic mass is 32.1. The zero-order valence-electron chi connectivity index (χ0n) is 24.1. The topological polar surface area (TPSA) is 87.4 Å². The third-order valence-electron chi connectivity index (χ3n) is 7.50. The lowest BCUT2D eigenvalue weighted by Gasteiger charge is -2.09. The van der Waals surface area contributed by atoms with Crippen molar-refractivity contribution in [3.05, 3.63) is 111 Å². The lowest BCUT2D eigenvalue weighted by molar-refractivity contribution is 0.309. The zero-order valence-corrected chi connectivity index (χ0v) is 24.9. The molecule has 7 rings (SSSR count). The van der Waals surface area contributed by atoms with Crippen molar-refractivity contribution in [3.63, 3.8) is 0 Å². The molecule has 0 N–H and O–H groups in total. The zero-order chi connectivity index (χ0) is 29.5. The van der Waals surface area contributed by atoms with Gasteiger partial charge in [-0.25, -0.2) is 4.68 Å². The van der Waals surface area contributed by atoms with Crippen LogP contribution in [0.4, 0.5) is 0 Å². The molecule has 0 atom stereocenters. The summed E-state index contributed by atoms with van der Waals surface area (Å²) >= 11 is 1.30. The predicted octanol–water partition coefficient (Wildman–Crippen LogP) is 6.76. The number of hydrogen-bond donors (Lipinski definition) is 0. The van der Waals surface area contributed by atoms with E-state index in [4.69, 9.17) is 14.3 Å². The number of rotatable bonds is 8. The number of benzene rings is 3. The van der Waals surface area contributed by atoms with Crippen LogP contribution in [0.15, 0.2) is 88.2 Å². The minimum absolute atomic E-state index is 0.234. The standard InChI is InChI=1S/C34H29N5O3S/c1-4-5-17-41-25-15-16-26(21(2)18-25)30-23(20-38(36-30)24-11-7-6-8-12-24)19-29-33(40)39-34(43-29)35-32(37-39)31-22(3)27-13-9-10-14-28(27)42-31/h6-16,18-20H,4-5,17H2,1-3H3/b29-19-. The van der Waals surface area contributed by atoms with Crippen LogP contribution in [-0.2, 0) is 0 Å². The number of para-hydroxylation sites is 2. The SMILES string of the molecule is CCCCOc1ccc(-c2nn(-c3ccccc3)cc2/C=c2\sc3nc(-c4oc5ccccc5c4C)nn3c2=O)c(C)c1. The van der Waals surface area contributed by atoms with E-state index in [1.807, 2.05) is 96.7 Å². The largest absolute Gasteiger partial charge is 0.494 e. The molecular weight excluding hydrogens is 558 g/mol. The van der Waals surface area contributed by atoms with E-state index in [-0.39, 0.29) is 5.56 Å². The number of aromatic nitrogens is 5. The van der Waals surface area contributed by atoms with Gasteiger partial charge in [0.2, 0.25) is 10.8 Å². The van der Waals surface area contributed by atoms with Gasteiger partial charge in [-0.15, -0.1) is 5.10 Å². The van der Waals surface area contributed by atoms with E-state index in [1.54, 1.807) is 0 Å². The molecule has 0 unspecified atom stereocenters. The Morgan fingerprint density at radius 2 is 1.81 bits per heavy atom. The lowest BCUT2D eigenvalue weighted by atomic mass is 10.0. The molecule has 3 aromatic carbocycles. The Morgan fingerprint density at radius 3 is 2.58 bits per heavy atom. The third kappa shape index (κ3) is 4.91. The molecule has 214 valence electrons. The highest BCUT2D eigenvalue weighted by molar-refractivity contribution is 7.15. The summed E-state index contributed by atoms with van der Waals surface area (Å²) in [7, 11) is 0. The molecule has 0 saturated heterocycles. The minimum atomic E-state index is -0.234. The monoisotopic (exact) mass is 587 g/mol. The molecule has 0 saturated carbocycles. The van der Waals surface area contributed by atoms with Crippen molar-refractivity contribution in [1.82, 2.24) is 24.4 Å². The fraction of sp³-hybridized carbons (Fsp3) is 0.176. The van der Waals surface area contributed by atoms with Crippen molar-refractivity contribution < 1.29 is 9.15 Å². The molecule has 0 radical (unpaired) electrons. The molecule has 0 bridgehead atoms. The molecule has 4 heterocycles. The molecule has 0 fully saturated rings. The van der Waals surface area contributed by atoms with Crippen molar-refractivity contribution in [2.75, 3.05) is 6.61 Å². The Bertz CT molecular complexity index is 2210. The first-order valence-electron chi connectivity index (χ1n) is 14.3. The van der Waals surface area contributed by atoms with E-state index in [1.165, 1.54) is 15.9 Å². The van der Waals surface area contributed by atoms with E-state index in [2.05, 4.69) is 23.9 Å². The molecular formula is C34H29N5O3S. The quantitative estimate of drug-likeness (QED) is 0.183. The maximum absolute atomic E-state index is 13.6. The van der Waals surface area contributed by atoms with Crippen LogP contribution in [0, 0.1) is 13.8 Å². The summed E-state index contributed by atoms with van der Waals surface area (Å²) < 4.78 is 15.7. The van der Waals surface area contributed by atoms with Crippen LogP contribution < -0.4 is 14.8 Å². The Labute approximate surface area is 251 Å². The van der Waals surface area contributed by atoms with Crippen LogP contribution in [0.2, 0.25) is 0 Å². The number of thiazole rings is 1. The van der Waals surface area contributed by atoms with Gasteiger partial charge in [0.15, 0.2) is 5.76 Å². The summed E-state index contributed by atoms with van der Waals surface area (Å²) in [5.74, 6) is 1.81. The Balaban J connectivity index is 1.31. The van der Waals surface area contributed by atoms with Gasteiger partial charge in [-0.3, -0.25) is 4.79 Å². The minimum Gasteiger partial charge on any atom is -0.494 e. The van der Waals surface area contributed by atoms with Gasteiger partial charge in [0, 0.05) is 28.3 Å². The first-order chi connectivity index (χ1) is 21.0. The van der Waals surface area contributed by atoms with Crippen LogP contribution >= 0.6 is 11.3 Å². The molecule has 9 heteroatoms. The fourth-order valence-electron chi connectivity index (χ4n) is 5.20. The summed E-state index contributed by atoms with van der Waals surface area (Å²) in [6, 6.07) is 23.8. The number of furan rings is 1. The van der Waals surface area contributed by atoms with Gasteiger partial charge in [-0.1, -0.05) is 61.1 Å². The van der Waals surface area contributed by atoms with E-state index in [9.17, 15) is 4.79 Å². The van der Waals surface area contributed by atoms with Gasteiger partial charge in [-0.2, -0.15) is 14.6 Å². The Morgan fingerprint density at radius 1 is 1.00 bits per heavy atom. The first-order valence-corrected chi connectivity index (χ1v) is 15.1. The second kappa shape index (κ2) is 11.0. The average Bonchev–Trinajstić information content (AvgIpc) is 3.78. The van der Waals surface area contributed by atoms with Crippen molar-refractivity contribution in [2.45, 2.75) is 33.6 Å². The van der Waals surface area contributed by atoms with E-state index in [0.717, 1.165) is 63.2 Å². The molecule has 0 aliphatic carbocycles. The number of fused-ring (bicyclic) bond motifs is 2. The van der Waals surface area contributed by atoms with Crippen molar-refractivity contribution >= 4 is 33.3 Å². The molecule has 0 spiro atoms.